The molecule has 2 aliphatic carbocycles. The molecule has 0 bridgehead atoms. The fourth-order valence-electron chi connectivity index (χ4n) is 6.40. The molecule has 0 aromatic heterocycles. The molecule has 2 aliphatic rings. The van der Waals surface area contributed by atoms with E-state index in [-0.39, 0.29) is 14.9 Å². The molecule has 6 aromatic rings. The Balaban J connectivity index is 0.000000187. The highest BCUT2D eigenvalue weighted by Crippen LogP contribution is 2.51. The first-order valence-electron chi connectivity index (χ1n) is 14.7. The highest BCUT2D eigenvalue weighted by atomic mass is 79.9. The molecule has 1 nitrogen and oxygen atoms in total. The van der Waals surface area contributed by atoms with Crippen LogP contribution in [0.25, 0.3) is 22.3 Å². The maximum absolute atomic E-state index is 11.6. The summed E-state index contributed by atoms with van der Waals surface area (Å²) >= 11 is 7.13. The molecular formula is C42H39Br2O-. The lowest BCUT2D eigenvalue weighted by Crippen LogP contribution is -2.26. The standard InChI is InChI=1S/C19H13BrO.C19H13Br.C2H6.CH4.CH3/c20-14-10-11-16-15-8-4-5-9-17(15)19(21,18(16)12-14)13-6-2-1-3-7-13;20-14-10-11-16-15-8-4-5-9-17(15)19(18(16)12-14)13-6-2-1-3-7-13;1-2;;/h1-12,21H;1-12,19H;1-2H3;1H4;1H3/q;;;;-1. The van der Waals surface area contributed by atoms with Gasteiger partial charge in [0, 0.05) is 26.0 Å². The van der Waals surface area contributed by atoms with E-state index in [1.165, 1.54) is 27.8 Å². The summed E-state index contributed by atoms with van der Waals surface area (Å²) in [4.78, 5) is 0. The molecule has 2 unspecified atom stereocenters. The maximum atomic E-state index is 11.6. The van der Waals surface area contributed by atoms with E-state index in [4.69, 9.17) is 0 Å². The molecule has 228 valence electrons. The fraction of sp³-hybridized carbons (Fsp3) is 0.119. The predicted molar refractivity (Wildman–Crippen MR) is 200 cm³/mol. The zero-order valence-corrected chi connectivity index (χ0v) is 28.3. The third-order valence-corrected chi connectivity index (χ3v) is 9.18. The van der Waals surface area contributed by atoms with E-state index in [1.807, 2.05) is 74.5 Å². The van der Waals surface area contributed by atoms with Crippen LogP contribution in [0, 0.1) is 7.43 Å². The summed E-state index contributed by atoms with van der Waals surface area (Å²) in [5.74, 6) is 0.347. The average Bonchev–Trinajstić information content (AvgIpc) is 3.52. The van der Waals surface area contributed by atoms with Gasteiger partial charge in [-0.05, 0) is 68.8 Å². The molecule has 0 radical (unpaired) electrons. The highest BCUT2D eigenvalue weighted by Gasteiger charge is 2.42. The minimum atomic E-state index is -1.09. The topological polar surface area (TPSA) is 20.2 Å². The number of hydrogen-bond donors (Lipinski definition) is 1. The van der Waals surface area contributed by atoms with Gasteiger partial charge in [0.1, 0.15) is 5.60 Å². The lowest BCUT2D eigenvalue weighted by atomic mass is 9.84. The highest BCUT2D eigenvalue weighted by molar-refractivity contribution is 9.10. The van der Waals surface area contributed by atoms with Crippen molar-refractivity contribution in [3.63, 3.8) is 0 Å². The SMILES string of the molecule is Brc1ccc2c(c1)C(c1ccccc1)c1ccccc1-2.C.CC.OC1(c2ccccc2)c2ccccc2-c2ccc(Br)cc21.[CH3-]. The molecule has 0 aliphatic heterocycles. The van der Waals surface area contributed by atoms with Gasteiger partial charge in [-0.2, -0.15) is 0 Å². The number of rotatable bonds is 2. The minimum Gasteiger partial charge on any atom is -0.376 e. The predicted octanol–water partition coefficient (Wildman–Crippen LogP) is 12.4. The van der Waals surface area contributed by atoms with Crippen LogP contribution < -0.4 is 0 Å². The van der Waals surface area contributed by atoms with Gasteiger partial charge in [0.25, 0.3) is 0 Å². The molecule has 0 saturated carbocycles. The first-order valence-corrected chi connectivity index (χ1v) is 16.3. The van der Waals surface area contributed by atoms with Crippen molar-refractivity contribution in [2.45, 2.75) is 32.8 Å². The van der Waals surface area contributed by atoms with E-state index in [9.17, 15) is 5.11 Å². The molecule has 8 rings (SSSR count). The Kier molecular flexibility index (Phi) is 11.0. The number of aliphatic hydroxyl groups is 1. The van der Waals surface area contributed by atoms with Crippen LogP contribution in [0.15, 0.2) is 155 Å². The van der Waals surface area contributed by atoms with E-state index in [2.05, 4.69) is 117 Å². The fourth-order valence-corrected chi connectivity index (χ4v) is 7.14. The van der Waals surface area contributed by atoms with Crippen LogP contribution in [-0.4, -0.2) is 5.11 Å². The second kappa shape index (κ2) is 14.6. The lowest BCUT2D eigenvalue weighted by molar-refractivity contribution is 0.130. The number of fused-ring (bicyclic) bond motifs is 6. The van der Waals surface area contributed by atoms with Crippen LogP contribution in [-0.2, 0) is 5.60 Å². The van der Waals surface area contributed by atoms with E-state index < -0.39 is 5.60 Å². The minimum absolute atomic E-state index is 0. The second-order valence-corrected chi connectivity index (χ2v) is 12.3. The van der Waals surface area contributed by atoms with E-state index in [0.29, 0.717) is 5.92 Å². The molecule has 3 heteroatoms. The quantitative estimate of drug-likeness (QED) is 0.176. The van der Waals surface area contributed by atoms with Crippen molar-refractivity contribution in [1.82, 2.24) is 0 Å². The van der Waals surface area contributed by atoms with Gasteiger partial charge in [0.05, 0.1) is 0 Å². The van der Waals surface area contributed by atoms with Crippen molar-refractivity contribution in [1.29, 1.82) is 0 Å². The van der Waals surface area contributed by atoms with Crippen molar-refractivity contribution >= 4 is 31.9 Å². The van der Waals surface area contributed by atoms with Gasteiger partial charge in [-0.15, -0.1) is 0 Å². The second-order valence-electron chi connectivity index (χ2n) is 10.5. The van der Waals surface area contributed by atoms with Crippen molar-refractivity contribution in [3.8, 4) is 22.3 Å². The monoisotopic (exact) mass is 717 g/mol. The van der Waals surface area contributed by atoms with Crippen LogP contribution in [0.5, 0.6) is 0 Å². The zero-order chi connectivity index (χ0) is 30.0. The van der Waals surface area contributed by atoms with Crippen LogP contribution in [0.3, 0.4) is 0 Å². The Bertz CT molecular complexity index is 1880. The molecule has 0 amide bonds. The Labute approximate surface area is 285 Å². The van der Waals surface area contributed by atoms with Crippen molar-refractivity contribution in [3.05, 3.63) is 195 Å². The molecule has 1 N–H and O–H groups in total. The molecule has 45 heavy (non-hydrogen) atoms. The molecule has 0 saturated heterocycles. The number of benzene rings is 6. The molecule has 0 fully saturated rings. The number of halogens is 2. The van der Waals surface area contributed by atoms with Crippen LogP contribution in [0.1, 0.15) is 60.6 Å². The van der Waals surface area contributed by atoms with Gasteiger partial charge < -0.3 is 12.5 Å². The van der Waals surface area contributed by atoms with Gasteiger partial charge in [-0.1, -0.05) is 174 Å². The molecule has 6 aromatic carbocycles. The lowest BCUT2D eigenvalue weighted by Gasteiger charge is -2.26. The first kappa shape index (κ1) is 34.1. The van der Waals surface area contributed by atoms with Crippen LogP contribution in [0.4, 0.5) is 0 Å². The Morgan fingerprint density at radius 1 is 0.511 bits per heavy atom. The molecule has 0 spiro atoms. The first-order chi connectivity index (χ1) is 21.1. The van der Waals surface area contributed by atoms with Gasteiger partial charge >= 0.3 is 0 Å². The van der Waals surface area contributed by atoms with Gasteiger partial charge in [-0.25, -0.2) is 0 Å². The Morgan fingerprint density at radius 3 is 1.69 bits per heavy atom. The largest absolute Gasteiger partial charge is 0.376 e. The average molecular weight is 720 g/mol. The zero-order valence-electron chi connectivity index (χ0n) is 25.1. The Morgan fingerprint density at radius 2 is 1.00 bits per heavy atom. The summed E-state index contributed by atoms with van der Waals surface area (Å²) in [6.07, 6.45) is 0. The van der Waals surface area contributed by atoms with E-state index >= 15 is 0 Å². The van der Waals surface area contributed by atoms with Gasteiger partial charge in [0.2, 0.25) is 0 Å². The smallest absolute Gasteiger partial charge is 0.141 e. The van der Waals surface area contributed by atoms with Crippen molar-refractivity contribution in [2.75, 3.05) is 0 Å². The summed E-state index contributed by atoms with van der Waals surface area (Å²) in [5, 5.41) is 11.6. The third-order valence-electron chi connectivity index (χ3n) is 8.19. The maximum Gasteiger partial charge on any atom is 0.141 e. The van der Waals surface area contributed by atoms with Crippen LogP contribution in [0.2, 0.25) is 0 Å². The van der Waals surface area contributed by atoms with Gasteiger partial charge in [-0.3, -0.25) is 0 Å². The van der Waals surface area contributed by atoms with E-state index in [0.717, 1.165) is 36.8 Å². The molecular weight excluding hydrogens is 680 g/mol. The van der Waals surface area contributed by atoms with E-state index in [1.54, 1.807) is 0 Å². The molecule has 2 atom stereocenters. The number of hydrogen-bond acceptors (Lipinski definition) is 1. The summed E-state index contributed by atoms with van der Waals surface area (Å²) in [6.45, 7) is 4.00. The summed E-state index contributed by atoms with van der Waals surface area (Å²) in [7, 11) is 0. The van der Waals surface area contributed by atoms with Crippen LogP contribution >= 0.6 is 31.9 Å². The van der Waals surface area contributed by atoms with Crippen molar-refractivity contribution in [2.24, 2.45) is 0 Å². The van der Waals surface area contributed by atoms with Gasteiger partial charge in [0.15, 0.2) is 0 Å². The third kappa shape index (κ3) is 6.10. The molecule has 0 heterocycles. The Hall–Kier alpha value is -3.76. The summed E-state index contributed by atoms with van der Waals surface area (Å²) in [6, 6.07) is 50.1. The summed E-state index contributed by atoms with van der Waals surface area (Å²) in [5.41, 5.74) is 10.8. The normalized spacial score (nSPS) is 16.1. The van der Waals surface area contributed by atoms with Crippen molar-refractivity contribution < 1.29 is 5.11 Å². The summed E-state index contributed by atoms with van der Waals surface area (Å²) < 4.78 is 2.12.